The first kappa shape index (κ1) is 17.5. The van der Waals surface area contributed by atoms with Gasteiger partial charge in [-0.2, -0.15) is 0 Å². The zero-order valence-corrected chi connectivity index (χ0v) is 14.4. The van der Waals surface area contributed by atoms with E-state index >= 15 is 0 Å². The topological polar surface area (TPSA) is 84.0 Å². The molecule has 0 spiro atoms. The molecule has 1 aliphatic carbocycles. The second kappa shape index (κ2) is 8.14. The molecule has 2 N–H and O–H groups in total. The fraction of sp³-hybridized carbons (Fsp3) is 0.526. The van der Waals surface area contributed by atoms with Crippen molar-refractivity contribution >= 4 is 16.7 Å². The van der Waals surface area contributed by atoms with E-state index in [0.717, 1.165) is 25.7 Å². The number of fused-ring (bicyclic) bond motifs is 1. The van der Waals surface area contributed by atoms with Crippen molar-refractivity contribution in [3.8, 4) is 0 Å². The van der Waals surface area contributed by atoms with Gasteiger partial charge in [-0.1, -0.05) is 44.2 Å². The van der Waals surface area contributed by atoms with Crippen LogP contribution >= 0.6 is 0 Å². The van der Waals surface area contributed by atoms with Crippen LogP contribution in [0, 0.1) is 0 Å². The fourth-order valence-corrected chi connectivity index (χ4v) is 3.52. The van der Waals surface area contributed by atoms with Crippen LogP contribution in [-0.2, 0) is 11.3 Å². The average Bonchev–Trinajstić information content (AvgIpc) is 2.59. The predicted octanol–water partition coefficient (Wildman–Crippen LogP) is 2.31. The highest BCUT2D eigenvalue weighted by atomic mass is 16.2. The van der Waals surface area contributed by atoms with Crippen LogP contribution < -0.4 is 16.4 Å². The first-order valence-corrected chi connectivity index (χ1v) is 9.16. The third-order valence-electron chi connectivity index (χ3n) is 4.92. The van der Waals surface area contributed by atoms with Crippen LogP contribution in [0.5, 0.6) is 0 Å². The molecule has 1 heterocycles. The standard InChI is InChI=1S/C19H25N3O3/c23-17(20-14-8-4-2-1-3-5-9-14)12-13-22-19(25)16-11-7-6-10-15(16)18(24)21-22/h6-7,10-11,14H,1-5,8-9,12-13H2,(H,20,23)(H,21,24). The Kier molecular flexibility index (Phi) is 5.68. The van der Waals surface area contributed by atoms with Gasteiger partial charge in [0.2, 0.25) is 5.91 Å². The van der Waals surface area contributed by atoms with E-state index in [9.17, 15) is 14.4 Å². The highest BCUT2D eigenvalue weighted by molar-refractivity contribution is 5.80. The van der Waals surface area contributed by atoms with Gasteiger partial charge in [0.05, 0.1) is 17.3 Å². The van der Waals surface area contributed by atoms with Gasteiger partial charge in [-0.25, -0.2) is 4.68 Å². The number of aromatic nitrogens is 2. The molecule has 2 aromatic rings. The maximum atomic E-state index is 12.4. The lowest BCUT2D eigenvalue weighted by Gasteiger charge is -2.21. The van der Waals surface area contributed by atoms with E-state index in [2.05, 4.69) is 10.4 Å². The summed E-state index contributed by atoms with van der Waals surface area (Å²) in [7, 11) is 0. The van der Waals surface area contributed by atoms with Gasteiger partial charge in [-0.15, -0.1) is 0 Å². The largest absolute Gasteiger partial charge is 0.353 e. The van der Waals surface area contributed by atoms with Crippen molar-refractivity contribution in [2.24, 2.45) is 0 Å². The summed E-state index contributed by atoms with van der Waals surface area (Å²) in [6, 6.07) is 6.96. The van der Waals surface area contributed by atoms with Crippen molar-refractivity contribution in [3.63, 3.8) is 0 Å². The van der Waals surface area contributed by atoms with Gasteiger partial charge in [0.15, 0.2) is 0 Å². The Hall–Kier alpha value is -2.37. The Morgan fingerprint density at radius 1 is 1.04 bits per heavy atom. The van der Waals surface area contributed by atoms with Crippen LogP contribution in [0.15, 0.2) is 33.9 Å². The molecule has 1 fully saturated rings. The van der Waals surface area contributed by atoms with Crippen LogP contribution in [0.3, 0.4) is 0 Å². The number of amides is 1. The Morgan fingerprint density at radius 2 is 1.68 bits per heavy atom. The lowest BCUT2D eigenvalue weighted by atomic mass is 9.96. The third kappa shape index (κ3) is 4.38. The van der Waals surface area contributed by atoms with E-state index in [1.54, 1.807) is 24.3 Å². The number of hydrogen-bond acceptors (Lipinski definition) is 3. The Bertz CT molecular complexity index is 845. The molecule has 0 aliphatic heterocycles. The molecule has 3 rings (SSSR count). The molecule has 6 heteroatoms. The number of carbonyl (C=O) groups excluding carboxylic acids is 1. The second-order valence-electron chi connectivity index (χ2n) is 6.80. The van der Waals surface area contributed by atoms with E-state index in [0.29, 0.717) is 10.8 Å². The highest BCUT2D eigenvalue weighted by Gasteiger charge is 2.14. The average molecular weight is 343 g/mol. The molecule has 1 aromatic carbocycles. The fourth-order valence-electron chi connectivity index (χ4n) is 3.52. The van der Waals surface area contributed by atoms with Crippen LogP contribution in [0.2, 0.25) is 0 Å². The van der Waals surface area contributed by atoms with Gasteiger partial charge in [-0.3, -0.25) is 19.5 Å². The van der Waals surface area contributed by atoms with Gasteiger partial charge in [0.25, 0.3) is 11.1 Å². The molecule has 25 heavy (non-hydrogen) atoms. The maximum Gasteiger partial charge on any atom is 0.273 e. The molecule has 0 radical (unpaired) electrons. The minimum atomic E-state index is -0.310. The van der Waals surface area contributed by atoms with E-state index in [1.807, 2.05) is 0 Å². The first-order chi connectivity index (χ1) is 12.1. The molecule has 0 atom stereocenters. The number of nitrogens with one attached hydrogen (secondary N) is 2. The number of nitrogens with zero attached hydrogens (tertiary/aromatic N) is 1. The third-order valence-corrected chi connectivity index (χ3v) is 4.92. The van der Waals surface area contributed by atoms with E-state index in [-0.39, 0.29) is 36.0 Å². The summed E-state index contributed by atoms with van der Waals surface area (Å²) >= 11 is 0. The van der Waals surface area contributed by atoms with Crippen molar-refractivity contribution in [1.29, 1.82) is 0 Å². The lowest BCUT2D eigenvalue weighted by Crippen LogP contribution is -2.37. The van der Waals surface area contributed by atoms with Gasteiger partial charge in [-0.05, 0) is 25.0 Å². The SMILES string of the molecule is O=C(CCn1[nH]c(=O)c2ccccc2c1=O)NC1CCCCCCC1. The van der Waals surface area contributed by atoms with Crippen molar-refractivity contribution in [1.82, 2.24) is 15.1 Å². The number of benzene rings is 1. The van der Waals surface area contributed by atoms with Gasteiger partial charge < -0.3 is 5.32 Å². The number of carbonyl (C=O) groups is 1. The molecule has 0 bridgehead atoms. The molecule has 1 saturated carbocycles. The molecule has 0 unspecified atom stereocenters. The summed E-state index contributed by atoms with van der Waals surface area (Å²) in [6.07, 6.45) is 8.31. The first-order valence-electron chi connectivity index (χ1n) is 9.16. The molecule has 0 saturated heterocycles. The minimum absolute atomic E-state index is 0.0634. The number of rotatable bonds is 4. The number of hydrogen-bond donors (Lipinski definition) is 2. The molecule has 134 valence electrons. The predicted molar refractivity (Wildman–Crippen MR) is 97.7 cm³/mol. The quantitative estimate of drug-likeness (QED) is 0.893. The highest BCUT2D eigenvalue weighted by Crippen LogP contribution is 2.17. The molecular weight excluding hydrogens is 318 g/mol. The van der Waals surface area contributed by atoms with Crippen molar-refractivity contribution < 1.29 is 4.79 Å². The van der Waals surface area contributed by atoms with E-state index in [1.165, 1.54) is 23.9 Å². The molecule has 1 aromatic heterocycles. The normalized spacial score (nSPS) is 16.3. The summed E-state index contributed by atoms with van der Waals surface area (Å²) in [5.74, 6) is -0.0634. The maximum absolute atomic E-state index is 12.4. The zero-order chi connectivity index (χ0) is 17.6. The van der Waals surface area contributed by atoms with Crippen LogP contribution in [-0.4, -0.2) is 21.7 Å². The summed E-state index contributed by atoms with van der Waals surface area (Å²) in [5, 5.41) is 6.40. The van der Waals surface area contributed by atoms with Crippen LogP contribution in [0.1, 0.15) is 51.4 Å². The van der Waals surface area contributed by atoms with Gasteiger partial charge in [0.1, 0.15) is 0 Å². The molecule has 1 aliphatic rings. The van der Waals surface area contributed by atoms with Crippen molar-refractivity contribution in [3.05, 3.63) is 45.0 Å². The van der Waals surface area contributed by atoms with Crippen LogP contribution in [0.25, 0.3) is 10.8 Å². The Balaban J connectivity index is 1.64. The zero-order valence-electron chi connectivity index (χ0n) is 14.4. The molecule has 1 amide bonds. The Morgan fingerprint density at radius 3 is 2.40 bits per heavy atom. The van der Waals surface area contributed by atoms with Gasteiger partial charge >= 0.3 is 0 Å². The summed E-state index contributed by atoms with van der Waals surface area (Å²) < 4.78 is 1.24. The number of aryl methyl sites for hydroxylation is 1. The summed E-state index contributed by atoms with van der Waals surface area (Å²) in [5.41, 5.74) is -0.579. The number of H-pyrrole nitrogens is 1. The van der Waals surface area contributed by atoms with Gasteiger partial charge in [0, 0.05) is 12.5 Å². The van der Waals surface area contributed by atoms with Crippen molar-refractivity contribution in [2.45, 2.75) is 64.0 Å². The monoisotopic (exact) mass is 343 g/mol. The van der Waals surface area contributed by atoms with E-state index < -0.39 is 0 Å². The summed E-state index contributed by atoms with van der Waals surface area (Å²) in [6.45, 7) is 0.178. The lowest BCUT2D eigenvalue weighted by molar-refractivity contribution is -0.122. The summed E-state index contributed by atoms with van der Waals surface area (Å²) in [4.78, 5) is 36.7. The van der Waals surface area contributed by atoms with Crippen LogP contribution in [0.4, 0.5) is 0 Å². The second-order valence-corrected chi connectivity index (χ2v) is 6.80. The molecular formula is C19H25N3O3. The van der Waals surface area contributed by atoms with E-state index in [4.69, 9.17) is 0 Å². The Labute approximate surface area is 146 Å². The molecule has 6 nitrogen and oxygen atoms in total. The number of aromatic amines is 1. The smallest absolute Gasteiger partial charge is 0.273 e. The van der Waals surface area contributed by atoms with Crippen molar-refractivity contribution in [2.75, 3.05) is 0 Å². The minimum Gasteiger partial charge on any atom is -0.353 e.